The lowest BCUT2D eigenvalue weighted by Gasteiger charge is -2.44. The summed E-state index contributed by atoms with van der Waals surface area (Å²) in [5.41, 5.74) is 0. The summed E-state index contributed by atoms with van der Waals surface area (Å²) in [6.45, 7) is 9.50. The van der Waals surface area contributed by atoms with Gasteiger partial charge in [-0.15, -0.1) is 0 Å². The minimum atomic E-state index is -1.11. The Morgan fingerprint density at radius 3 is 1.96 bits per heavy atom. The summed E-state index contributed by atoms with van der Waals surface area (Å²) in [5.74, 6) is -0.636. The van der Waals surface area contributed by atoms with E-state index >= 15 is 0 Å². The first-order valence-electron chi connectivity index (χ1n) is 18.3. The highest BCUT2D eigenvalue weighted by atomic mass is 16.8. The van der Waals surface area contributed by atoms with Gasteiger partial charge in [0.2, 0.25) is 12.2 Å². The van der Waals surface area contributed by atoms with Crippen LogP contribution in [0.3, 0.4) is 0 Å². The van der Waals surface area contributed by atoms with Gasteiger partial charge in [-0.25, -0.2) is 4.79 Å². The Balaban J connectivity index is 2.88. The molecule has 1 heterocycles. The van der Waals surface area contributed by atoms with Crippen LogP contribution in [0.5, 0.6) is 0 Å². The van der Waals surface area contributed by atoms with E-state index in [2.05, 4.69) is 25.7 Å². The third-order valence-electron chi connectivity index (χ3n) is 8.28. The molecule has 47 heavy (non-hydrogen) atoms. The fraction of sp³-hybridized carbons (Fsp3) is 0.811. The summed E-state index contributed by atoms with van der Waals surface area (Å²) in [4.78, 5) is 38.4. The van der Waals surface area contributed by atoms with E-state index in [1.807, 2.05) is 0 Å². The van der Waals surface area contributed by atoms with Crippen molar-refractivity contribution < 1.29 is 43.2 Å². The number of ketones is 1. The second-order valence-corrected chi connectivity index (χ2v) is 12.5. The van der Waals surface area contributed by atoms with Gasteiger partial charge in [-0.05, 0) is 19.8 Å². The smallest absolute Gasteiger partial charge is 0.471 e. The van der Waals surface area contributed by atoms with Gasteiger partial charge in [0.25, 0.3) is 0 Å². The summed E-state index contributed by atoms with van der Waals surface area (Å²) < 4.78 is 28.7. The van der Waals surface area contributed by atoms with E-state index in [4.69, 9.17) is 23.7 Å². The predicted molar refractivity (Wildman–Crippen MR) is 184 cm³/mol. The van der Waals surface area contributed by atoms with Gasteiger partial charge in [-0.2, -0.15) is 0 Å². The molecule has 0 unspecified atom stereocenters. The van der Waals surface area contributed by atoms with Gasteiger partial charge in [0.05, 0.1) is 19.3 Å². The van der Waals surface area contributed by atoms with Crippen LogP contribution in [0.1, 0.15) is 143 Å². The lowest BCUT2D eigenvalue weighted by Crippen LogP contribution is -2.66. The zero-order valence-electron chi connectivity index (χ0n) is 29.6. The van der Waals surface area contributed by atoms with Crippen LogP contribution >= 0.6 is 0 Å². The molecule has 1 amide bonds. The van der Waals surface area contributed by atoms with Gasteiger partial charge in [-0.3, -0.25) is 9.59 Å². The van der Waals surface area contributed by atoms with Crippen molar-refractivity contribution >= 4 is 17.8 Å². The number of carbonyl (C=O) groups is 3. The molecule has 0 aromatic rings. The Hall–Kier alpha value is -2.43. The van der Waals surface area contributed by atoms with Crippen molar-refractivity contribution in [3.63, 3.8) is 0 Å². The molecule has 5 atom stereocenters. The number of carbonyl (C=O) groups excluding carboxylic acids is 3. The van der Waals surface area contributed by atoms with Crippen molar-refractivity contribution in [2.24, 2.45) is 0 Å². The van der Waals surface area contributed by atoms with E-state index in [1.54, 1.807) is 13.0 Å². The molecule has 0 bridgehead atoms. The maximum atomic E-state index is 13.2. The van der Waals surface area contributed by atoms with Crippen LogP contribution < -0.4 is 5.32 Å². The highest BCUT2D eigenvalue weighted by Gasteiger charge is 2.50. The number of allylic oxidation sites excluding steroid dienone is 1. The number of Topliss-reactive ketones (excluding diaryl/α,β-unsaturated/α-hetero) is 1. The predicted octanol–water partition coefficient (Wildman–Crippen LogP) is 7.85. The lowest BCUT2D eigenvalue weighted by atomic mass is 9.95. The number of aliphatic hydroxyl groups excluding tert-OH is 1. The number of hydrogen-bond donors (Lipinski definition) is 2. The number of unbranched alkanes of at least 4 members (excludes halogenated alkanes) is 15. The zero-order chi connectivity index (χ0) is 34.5. The molecular formula is C37H65NO9. The van der Waals surface area contributed by atoms with E-state index in [9.17, 15) is 19.5 Å². The van der Waals surface area contributed by atoms with Crippen molar-refractivity contribution in [2.75, 3.05) is 19.8 Å². The molecule has 0 aromatic heterocycles. The van der Waals surface area contributed by atoms with Crippen LogP contribution in [0, 0.1) is 0 Å². The molecular weight excluding hydrogens is 602 g/mol. The molecule has 272 valence electrons. The molecule has 0 saturated carbocycles. The van der Waals surface area contributed by atoms with Crippen LogP contribution in [0.4, 0.5) is 4.79 Å². The largest absolute Gasteiger partial charge is 0.509 e. The quantitative estimate of drug-likeness (QED) is 0.0269. The fourth-order valence-corrected chi connectivity index (χ4v) is 5.68. The van der Waals surface area contributed by atoms with Gasteiger partial charge in [0.1, 0.15) is 30.6 Å². The Labute approximate surface area is 284 Å². The van der Waals surface area contributed by atoms with E-state index in [1.165, 1.54) is 76.5 Å². The number of ether oxygens (including phenoxy) is 5. The minimum absolute atomic E-state index is 0.0613. The molecule has 1 aliphatic rings. The number of nitrogens with one attached hydrogen (secondary N) is 1. The van der Waals surface area contributed by atoms with Crippen LogP contribution in [-0.2, 0) is 33.3 Å². The minimum Gasteiger partial charge on any atom is -0.471 e. The van der Waals surface area contributed by atoms with E-state index in [0.717, 1.165) is 44.9 Å². The molecule has 1 aliphatic heterocycles. The van der Waals surface area contributed by atoms with Crippen LogP contribution in [0.2, 0.25) is 0 Å². The van der Waals surface area contributed by atoms with E-state index in [-0.39, 0.29) is 18.8 Å². The van der Waals surface area contributed by atoms with Gasteiger partial charge < -0.3 is 34.1 Å². The van der Waals surface area contributed by atoms with Crippen LogP contribution in [-0.4, -0.2) is 73.4 Å². The van der Waals surface area contributed by atoms with Crippen molar-refractivity contribution in [1.82, 2.24) is 5.32 Å². The summed E-state index contributed by atoms with van der Waals surface area (Å²) in [5, 5.41) is 13.0. The average Bonchev–Trinajstić information content (AvgIpc) is 3.06. The molecule has 0 aromatic carbocycles. The molecule has 10 nitrogen and oxygen atoms in total. The standard InChI is InChI=1S/C37H65NO9/c1-5-9-11-13-15-17-18-20-22-24-30(40)28-32(41)38-33-35(43-27-23-21-19-16-14-12-10-6-2)34(47-37(42)45-26-8-4)31(29-39)46-36(33)44-25-7-3/h7-8,25,31,33-36,39H,4-6,9-24,26-29H2,1-3H3,(H,38,41)/t31-,33-,34-,35-,36+/m1/s1. The second kappa shape index (κ2) is 28.6. The maximum Gasteiger partial charge on any atom is 0.509 e. The monoisotopic (exact) mass is 667 g/mol. The molecule has 1 fully saturated rings. The Bertz CT molecular complexity index is 865. The van der Waals surface area contributed by atoms with Crippen molar-refractivity contribution in [1.29, 1.82) is 0 Å². The van der Waals surface area contributed by atoms with Crippen molar-refractivity contribution in [3.8, 4) is 0 Å². The van der Waals surface area contributed by atoms with E-state index < -0.39 is 49.3 Å². The van der Waals surface area contributed by atoms with Gasteiger partial charge in [-0.1, -0.05) is 129 Å². The molecule has 2 N–H and O–H groups in total. The SMILES string of the molecule is C=CCOC(=O)O[C@H]1[C@H](OCCCCCCCCCC)[C@@H](NC(=O)CC(=O)CCCCCCCCCCC)[C@@H](OC=CC)O[C@@H]1CO. The Kier molecular flexibility index (Phi) is 25.9. The first kappa shape index (κ1) is 42.6. The average molecular weight is 668 g/mol. The summed E-state index contributed by atoms with van der Waals surface area (Å²) >= 11 is 0. The molecule has 0 spiro atoms. The first-order valence-corrected chi connectivity index (χ1v) is 18.3. The summed E-state index contributed by atoms with van der Waals surface area (Å²) in [7, 11) is 0. The maximum absolute atomic E-state index is 13.2. The van der Waals surface area contributed by atoms with Gasteiger partial charge in [0, 0.05) is 13.0 Å². The van der Waals surface area contributed by atoms with Crippen molar-refractivity contribution in [2.45, 2.75) is 173 Å². The third kappa shape index (κ3) is 19.9. The zero-order valence-corrected chi connectivity index (χ0v) is 29.6. The Morgan fingerprint density at radius 2 is 1.40 bits per heavy atom. The van der Waals surface area contributed by atoms with Crippen LogP contribution in [0.15, 0.2) is 25.0 Å². The number of rotatable bonds is 29. The van der Waals surface area contributed by atoms with Gasteiger partial charge in [0.15, 0.2) is 6.10 Å². The van der Waals surface area contributed by atoms with Gasteiger partial charge >= 0.3 is 6.16 Å². The normalized spacial score (nSPS) is 21.0. The lowest BCUT2D eigenvalue weighted by molar-refractivity contribution is -0.265. The fourth-order valence-electron chi connectivity index (χ4n) is 5.68. The van der Waals surface area contributed by atoms with E-state index in [0.29, 0.717) is 13.0 Å². The summed E-state index contributed by atoms with van der Waals surface area (Å²) in [6.07, 6.45) is 18.6. The molecule has 0 aliphatic carbocycles. The topological polar surface area (TPSA) is 130 Å². The number of hydrogen-bond acceptors (Lipinski definition) is 9. The third-order valence-corrected chi connectivity index (χ3v) is 8.28. The molecule has 1 rings (SSSR count). The first-order chi connectivity index (χ1) is 22.9. The number of amides is 1. The highest BCUT2D eigenvalue weighted by molar-refractivity contribution is 5.98. The van der Waals surface area contributed by atoms with Crippen molar-refractivity contribution in [3.05, 3.63) is 25.0 Å². The number of aliphatic hydroxyl groups is 1. The molecule has 10 heteroatoms. The molecule has 0 radical (unpaired) electrons. The second-order valence-electron chi connectivity index (χ2n) is 12.5. The van der Waals surface area contributed by atoms with Crippen LogP contribution in [0.25, 0.3) is 0 Å². The highest BCUT2D eigenvalue weighted by Crippen LogP contribution is 2.28. The Morgan fingerprint density at radius 1 is 0.830 bits per heavy atom. The summed E-state index contributed by atoms with van der Waals surface area (Å²) in [6, 6.07) is -0.937. The molecule has 1 saturated heterocycles.